The van der Waals surface area contributed by atoms with Crippen molar-refractivity contribution < 1.29 is 4.39 Å². The Bertz CT molecular complexity index is 933. The number of nitrogens with zero attached hydrogens (tertiary/aromatic N) is 1. The lowest BCUT2D eigenvalue weighted by Gasteiger charge is -2.10. The van der Waals surface area contributed by atoms with Gasteiger partial charge in [0.1, 0.15) is 5.82 Å². The molecule has 0 saturated carbocycles. The summed E-state index contributed by atoms with van der Waals surface area (Å²) in [7, 11) is 0. The Labute approximate surface area is 143 Å². The largest absolute Gasteiger partial charge is 0.330 e. The molecule has 0 spiro atoms. The van der Waals surface area contributed by atoms with Gasteiger partial charge in [-0.2, -0.15) is 0 Å². The molecule has 0 amide bonds. The van der Waals surface area contributed by atoms with Gasteiger partial charge in [-0.3, -0.25) is 4.57 Å². The Balaban J connectivity index is 2.40. The molecule has 3 aromatic rings. The van der Waals surface area contributed by atoms with E-state index in [4.69, 9.17) is 35.4 Å². The molecule has 1 aromatic heterocycles. The Hall–Kier alpha value is -0.880. The van der Waals surface area contributed by atoms with Crippen LogP contribution in [-0.4, -0.2) is 9.55 Å². The average Bonchev–Trinajstić information content (AvgIpc) is 2.70. The summed E-state index contributed by atoms with van der Waals surface area (Å²) in [5.74, 6) is -0.375. The second-order valence-corrected chi connectivity index (χ2v) is 6.66. The Morgan fingerprint density at radius 1 is 1.19 bits per heavy atom. The number of H-pyrrole nitrogens is 1. The fourth-order valence-corrected chi connectivity index (χ4v) is 3.26. The normalized spacial score (nSPS) is 11.3. The number of rotatable bonds is 1. The van der Waals surface area contributed by atoms with Crippen molar-refractivity contribution in [2.75, 3.05) is 0 Å². The fourth-order valence-electron chi connectivity index (χ4n) is 2.15. The van der Waals surface area contributed by atoms with Crippen LogP contribution in [0.5, 0.6) is 0 Å². The summed E-state index contributed by atoms with van der Waals surface area (Å²) < 4.78 is 16.3. The monoisotopic (exact) mass is 404 g/mol. The number of benzene rings is 2. The van der Waals surface area contributed by atoms with Gasteiger partial charge in [-0.15, -0.1) is 0 Å². The summed E-state index contributed by atoms with van der Waals surface area (Å²) >= 11 is 20.9. The molecule has 0 atom stereocenters. The molecule has 0 aliphatic rings. The Morgan fingerprint density at radius 3 is 2.62 bits per heavy atom. The van der Waals surface area contributed by atoms with Crippen LogP contribution in [0.25, 0.3) is 16.7 Å². The van der Waals surface area contributed by atoms with Crippen LogP contribution < -0.4 is 0 Å². The van der Waals surface area contributed by atoms with Gasteiger partial charge < -0.3 is 4.98 Å². The number of imidazole rings is 1. The van der Waals surface area contributed by atoms with E-state index in [-0.39, 0.29) is 5.82 Å². The van der Waals surface area contributed by atoms with Gasteiger partial charge >= 0.3 is 0 Å². The van der Waals surface area contributed by atoms with Gasteiger partial charge in [0.25, 0.3) is 0 Å². The number of aromatic nitrogens is 2. The molecule has 7 heteroatoms. The lowest BCUT2D eigenvalue weighted by atomic mass is 10.2. The smallest absolute Gasteiger partial charge is 0.182 e. The minimum atomic E-state index is -0.375. The molecule has 0 saturated heterocycles. The van der Waals surface area contributed by atoms with Crippen molar-refractivity contribution in [3.05, 3.63) is 54.9 Å². The van der Waals surface area contributed by atoms with E-state index in [0.717, 1.165) is 5.56 Å². The zero-order valence-electron chi connectivity index (χ0n) is 10.7. The standard InChI is InChI=1S/C14H8BrCl2FN2S/c1-6-2-9(17)12(4-8(6)16)20-13-5-10(18)7(15)3-11(13)19-14(20)21/h2-5H,1H3,(H,19,21). The van der Waals surface area contributed by atoms with E-state index >= 15 is 0 Å². The zero-order valence-corrected chi connectivity index (χ0v) is 14.6. The first-order valence-corrected chi connectivity index (χ1v) is 7.90. The summed E-state index contributed by atoms with van der Waals surface area (Å²) in [5, 5.41) is 1.07. The number of fused-ring (bicyclic) bond motifs is 1. The van der Waals surface area contributed by atoms with Crippen molar-refractivity contribution >= 4 is 62.4 Å². The topological polar surface area (TPSA) is 20.7 Å². The average molecular weight is 406 g/mol. The highest BCUT2D eigenvalue weighted by molar-refractivity contribution is 9.10. The van der Waals surface area contributed by atoms with Crippen molar-refractivity contribution in [2.24, 2.45) is 0 Å². The molecule has 1 N–H and O–H groups in total. The highest BCUT2D eigenvalue weighted by Crippen LogP contribution is 2.31. The van der Waals surface area contributed by atoms with Gasteiger partial charge in [0.15, 0.2) is 4.77 Å². The van der Waals surface area contributed by atoms with E-state index in [1.807, 2.05) is 6.92 Å². The maximum absolute atomic E-state index is 13.8. The van der Waals surface area contributed by atoms with Gasteiger partial charge in [-0.25, -0.2) is 4.39 Å². The summed E-state index contributed by atoms with van der Waals surface area (Å²) in [6, 6.07) is 6.52. The molecule has 1 heterocycles. The third-order valence-electron chi connectivity index (χ3n) is 3.19. The molecule has 0 radical (unpaired) electrons. The lowest BCUT2D eigenvalue weighted by Crippen LogP contribution is -1.96. The van der Waals surface area contributed by atoms with Crippen LogP contribution in [0.15, 0.2) is 28.7 Å². The quantitative estimate of drug-likeness (QED) is 0.477. The zero-order chi connectivity index (χ0) is 15.3. The van der Waals surface area contributed by atoms with Gasteiger partial charge in [-0.05, 0) is 58.8 Å². The maximum atomic E-state index is 13.8. The van der Waals surface area contributed by atoms with E-state index in [9.17, 15) is 4.39 Å². The predicted molar refractivity (Wildman–Crippen MR) is 90.9 cm³/mol. The van der Waals surface area contributed by atoms with E-state index in [1.54, 1.807) is 22.8 Å². The first-order valence-electron chi connectivity index (χ1n) is 5.94. The van der Waals surface area contributed by atoms with Crippen LogP contribution in [0.4, 0.5) is 4.39 Å². The molecule has 21 heavy (non-hydrogen) atoms. The van der Waals surface area contributed by atoms with E-state index < -0.39 is 0 Å². The number of aryl methyl sites for hydroxylation is 1. The number of halogens is 4. The van der Waals surface area contributed by atoms with Gasteiger partial charge in [-0.1, -0.05) is 23.2 Å². The molecule has 3 rings (SSSR count). The number of aromatic amines is 1. The fraction of sp³-hybridized carbons (Fsp3) is 0.0714. The number of hydrogen-bond donors (Lipinski definition) is 1. The highest BCUT2D eigenvalue weighted by atomic mass is 79.9. The predicted octanol–water partition coefficient (Wildman–Crippen LogP) is 6.20. The SMILES string of the molecule is Cc1cc(Cl)c(-n2c(=S)[nH]c3cc(Br)c(F)cc32)cc1Cl. The Morgan fingerprint density at radius 2 is 1.90 bits per heavy atom. The highest BCUT2D eigenvalue weighted by Gasteiger charge is 2.14. The first-order chi connectivity index (χ1) is 9.88. The third kappa shape index (κ3) is 2.52. The van der Waals surface area contributed by atoms with Crippen molar-refractivity contribution in [1.29, 1.82) is 0 Å². The molecule has 0 aliphatic heterocycles. The molecular weight excluding hydrogens is 398 g/mol. The van der Waals surface area contributed by atoms with Crippen LogP contribution in [0.1, 0.15) is 5.56 Å². The van der Waals surface area contributed by atoms with E-state index in [1.165, 1.54) is 6.07 Å². The van der Waals surface area contributed by atoms with E-state index in [0.29, 0.717) is 36.0 Å². The maximum Gasteiger partial charge on any atom is 0.182 e. The number of nitrogens with one attached hydrogen (secondary N) is 1. The van der Waals surface area contributed by atoms with Crippen LogP contribution in [0, 0.1) is 17.5 Å². The van der Waals surface area contributed by atoms with Crippen molar-refractivity contribution in [1.82, 2.24) is 9.55 Å². The molecule has 0 fully saturated rings. The molecule has 2 aromatic carbocycles. The van der Waals surface area contributed by atoms with Gasteiger partial charge in [0.05, 0.1) is 26.2 Å². The Kier molecular flexibility index (Phi) is 3.86. The molecule has 2 nitrogen and oxygen atoms in total. The molecule has 108 valence electrons. The van der Waals surface area contributed by atoms with Crippen LogP contribution >= 0.6 is 51.3 Å². The van der Waals surface area contributed by atoms with Crippen molar-refractivity contribution in [2.45, 2.75) is 6.92 Å². The van der Waals surface area contributed by atoms with Crippen LogP contribution in [0.2, 0.25) is 10.0 Å². The summed E-state index contributed by atoms with van der Waals surface area (Å²) in [6.07, 6.45) is 0. The summed E-state index contributed by atoms with van der Waals surface area (Å²) in [4.78, 5) is 3.03. The second-order valence-electron chi connectivity index (χ2n) is 4.60. The molecule has 0 unspecified atom stereocenters. The molecule has 0 aliphatic carbocycles. The van der Waals surface area contributed by atoms with Crippen molar-refractivity contribution in [3.63, 3.8) is 0 Å². The van der Waals surface area contributed by atoms with Gasteiger partial charge in [0, 0.05) is 11.1 Å². The van der Waals surface area contributed by atoms with Crippen LogP contribution in [-0.2, 0) is 0 Å². The van der Waals surface area contributed by atoms with Crippen molar-refractivity contribution in [3.8, 4) is 5.69 Å². The third-order valence-corrected chi connectivity index (χ3v) is 4.80. The first kappa shape index (κ1) is 15.0. The molecular formula is C14H8BrCl2FN2S. The minimum absolute atomic E-state index is 0.367. The lowest BCUT2D eigenvalue weighted by molar-refractivity contribution is 0.622. The summed E-state index contributed by atoms with van der Waals surface area (Å²) in [6.45, 7) is 1.86. The number of hydrogen-bond acceptors (Lipinski definition) is 1. The van der Waals surface area contributed by atoms with Crippen LogP contribution in [0.3, 0.4) is 0 Å². The van der Waals surface area contributed by atoms with Gasteiger partial charge in [0.2, 0.25) is 0 Å². The molecule has 0 bridgehead atoms. The minimum Gasteiger partial charge on any atom is -0.330 e. The summed E-state index contributed by atoms with van der Waals surface area (Å²) in [5.41, 5.74) is 2.79. The second kappa shape index (κ2) is 5.39. The van der Waals surface area contributed by atoms with E-state index in [2.05, 4.69) is 20.9 Å².